The Labute approximate surface area is 275 Å². The summed E-state index contributed by atoms with van der Waals surface area (Å²) < 4.78 is 5.52. The largest absolute Gasteiger partial charge is 0.544 e. The van der Waals surface area contributed by atoms with Gasteiger partial charge in [-0.15, -0.1) is 0 Å². The molecule has 0 unspecified atom stereocenters. The molecule has 24 nitrogen and oxygen atoms in total. The SMILES string of the molecule is NCCCC(=O)C[NH][Pt+3].NCCCC(=O)C[NH][Pt+3].O=C([O-])C(O)(O)C(=O)[O-].O=C([O-])C(O)(O)C(=O)[O-].O=C([O-])C(O)(O)C(=O)[O-]. The number of carboxylic acids is 6. The van der Waals surface area contributed by atoms with Crippen molar-refractivity contribution >= 4 is 47.4 Å². The first kappa shape index (κ1) is 51.7. The van der Waals surface area contributed by atoms with Gasteiger partial charge in [-0.2, -0.15) is 0 Å². The molecule has 0 aliphatic carbocycles. The Balaban J connectivity index is -0.000000148. The number of Topliss-reactive ketones (excluding diaryl/α,β-unsaturated/α-hetero) is 2. The number of rotatable bonds is 16. The molecule has 0 aliphatic rings. The quantitative estimate of drug-likeness (QED) is 0.0507. The predicted molar refractivity (Wildman–Crippen MR) is 114 cm³/mol. The molecular weight excluding hydrogens is 994 g/mol. The number of nitrogens with one attached hydrogen (secondary N) is 2. The van der Waals surface area contributed by atoms with E-state index in [1.165, 1.54) is 0 Å². The van der Waals surface area contributed by atoms with Crippen LogP contribution in [0.3, 0.4) is 0 Å². The van der Waals surface area contributed by atoms with Crippen LogP contribution in [0.4, 0.5) is 0 Å². The third kappa shape index (κ3) is 28.4. The van der Waals surface area contributed by atoms with Gasteiger partial charge in [-0.3, -0.25) is 0 Å². The van der Waals surface area contributed by atoms with Gasteiger partial charge in [-0.25, -0.2) is 0 Å². The molecule has 0 rings (SSSR count). The maximum absolute atomic E-state index is 10.7. The monoisotopic (exact) mass is 1020 g/mol. The van der Waals surface area contributed by atoms with Crippen molar-refractivity contribution in [1.29, 1.82) is 0 Å². The van der Waals surface area contributed by atoms with Gasteiger partial charge in [0, 0.05) is 0 Å². The molecule has 0 atom stereocenters. The number of carboxylic acid groups (broad SMARTS) is 6. The van der Waals surface area contributed by atoms with Gasteiger partial charge >= 0.3 is 132 Å². The Kier molecular flexibility index (Phi) is 31.5. The summed E-state index contributed by atoms with van der Waals surface area (Å²) in [6, 6.07) is 0. The molecule has 0 saturated carbocycles. The average Bonchev–Trinajstić information content (AvgIpc) is 2.92. The van der Waals surface area contributed by atoms with Crippen LogP contribution < -0.4 is 49.9 Å². The first-order valence-corrected chi connectivity index (χ1v) is 13.2. The molecule has 0 aromatic heterocycles. The fourth-order valence-electron chi connectivity index (χ4n) is 1.15. The summed E-state index contributed by atoms with van der Waals surface area (Å²) >= 11 is 3.88. The van der Waals surface area contributed by atoms with Gasteiger partial charge in [-0.05, 0) is 0 Å². The summed E-state index contributed by atoms with van der Waals surface area (Å²) in [5.74, 6) is -26.4. The topological polar surface area (TPSA) is 472 Å². The van der Waals surface area contributed by atoms with E-state index in [1.807, 2.05) is 40.1 Å². The molecule has 0 saturated heterocycles. The van der Waals surface area contributed by atoms with Crippen molar-refractivity contribution in [2.24, 2.45) is 11.5 Å². The number of aliphatic carboxylic acids is 6. The normalized spacial score (nSPS) is 10.4. The van der Waals surface area contributed by atoms with Crippen molar-refractivity contribution in [2.75, 3.05) is 26.2 Å². The van der Waals surface area contributed by atoms with Crippen LogP contribution in [0, 0.1) is 0 Å². The van der Waals surface area contributed by atoms with Crippen LogP contribution in [0.1, 0.15) is 25.7 Å². The number of carbonyl (C=O) groups excluding carboxylic acids is 8. The van der Waals surface area contributed by atoms with Crippen molar-refractivity contribution in [3.05, 3.63) is 0 Å². The number of carbonyl (C=O) groups is 8. The van der Waals surface area contributed by atoms with Crippen LogP contribution in [0.25, 0.3) is 0 Å². The summed E-state index contributed by atoms with van der Waals surface area (Å²) in [6.07, 6.45) is 2.81. The van der Waals surface area contributed by atoms with Crippen molar-refractivity contribution in [3.63, 3.8) is 0 Å². The van der Waals surface area contributed by atoms with Gasteiger partial charge in [0.2, 0.25) is 17.4 Å². The van der Waals surface area contributed by atoms with E-state index in [-0.39, 0.29) is 11.6 Å². The summed E-state index contributed by atoms with van der Waals surface area (Å²) in [7, 11) is 0. The number of ketones is 2. The van der Waals surface area contributed by atoms with Crippen LogP contribution in [0.2, 0.25) is 0 Å². The molecule has 0 bridgehead atoms. The van der Waals surface area contributed by atoms with Crippen molar-refractivity contribution < 1.29 is 140 Å². The second-order valence-electron chi connectivity index (χ2n) is 7.18. The minimum absolute atomic E-state index is 0.232. The molecule has 0 spiro atoms. The molecule has 12 N–H and O–H groups in total. The van der Waals surface area contributed by atoms with Gasteiger partial charge in [0.1, 0.15) is 35.8 Å². The fourth-order valence-corrected chi connectivity index (χ4v) is 2.05. The number of hydrogen-bond donors (Lipinski definition) is 10. The van der Waals surface area contributed by atoms with Gasteiger partial charge in [0.05, 0.1) is 0 Å². The Morgan fingerprint density at radius 3 is 0.756 bits per heavy atom. The first-order chi connectivity index (χ1) is 20.3. The maximum Gasteiger partial charge on any atom is 0.246 e. The van der Waals surface area contributed by atoms with E-state index in [4.69, 9.17) is 42.1 Å². The minimum atomic E-state index is -3.89. The zero-order chi connectivity index (χ0) is 37.2. The second kappa shape index (κ2) is 27.4. The molecule has 0 fully saturated rings. The van der Waals surface area contributed by atoms with Crippen LogP contribution in [0.15, 0.2) is 0 Å². The maximum atomic E-state index is 10.7. The molecule has 264 valence electrons. The van der Waals surface area contributed by atoms with Gasteiger partial charge < -0.3 is 90.0 Å². The van der Waals surface area contributed by atoms with Crippen molar-refractivity contribution in [1.82, 2.24) is 7.75 Å². The molecule has 0 aromatic rings. The third-order valence-corrected chi connectivity index (χ3v) is 4.34. The Morgan fingerprint density at radius 1 is 0.489 bits per heavy atom. The zero-order valence-electron chi connectivity index (χ0n) is 22.3. The number of aliphatic hydroxyl groups is 6. The summed E-state index contributed by atoms with van der Waals surface area (Å²) in [5, 5.41) is 104. The van der Waals surface area contributed by atoms with E-state index in [0.29, 0.717) is 39.0 Å². The van der Waals surface area contributed by atoms with Crippen LogP contribution in [-0.4, -0.2) is 122 Å². The second-order valence-corrected chi connectivity index (χ2v) is 8.79. The first-order valence-electron chi connectivity index (χ1n) is 11.0. The zero-order valence-corrected chi connectivity index (χ0v) is 26.9. The molecule has 0 aromatic carbocycles. The summed E-state index contributed by atoms with van der Waals surface area (Å²) in [5.41, 5.74) is 10.4. The fraction of sp³-hybridized carbons (Fsp3) is 0.579. The average molecular weight is 1020 g/mol. The molecule has 0 radical (unpaired) electrons. The van der Waals surface area contributed by atoms with Gasteiger partial charge in [-0.1, -0.05) is 0 Å². The molecular formula is C19H28N4O20Pt2. The Hall–Kier alpha value is -2.86. The molecule has 26 heteroatoms. The van der Waals surface area contributed by atoms with E-state index in [0.717, 1.165) is 12.8 Å². The van der Waals surface area contributed by atoms with E-state index in [9.17, 15) is 69.0 Å². The summed E-state index contributed by atoms with van der Waals surface area (Å²) in [6.45, 7) is 2.13. The standard InChI is InChI=1S/2C5H11N2O.3C3H4O6.2Pt/c2*6-3-1-2-5(8)4-7;3*4-1(5)3(8,9)2(6)7;;/h2*7H,1-4,6H2;3*8-9H,(H,4,5)(H,6,7);;/q2*-1;;;;2*+4/p-6. The van der Waals surface area contributed by atoms with Crippen LogP contribution in [0.5, 0.6) is 0 Å². The van der Waals surface area contributed by atoms with Gasteiger partial charge in [0.15, 0.2) is 0 Å². The van der Waals surface area contributed by atoms with Crippen LogP contribution >= 0.6 is 0 Å². The van der Waals surface area contributed by atoms with Gasteiger partial charge in [0.25, 0.3) is 0 Å². The van der Waals surface area contributed by atoms with Crippen molar-refractivity contribution in [3.8, 4) is 0 Å². The molecule has 0 heterocycles. The van der Waals surface area contributed by atoms with E-state index < -0.39 is 53.2 Å². The van der Waals surface area contributed by atoms with E-state index >= 15 is 0 Å². The minimum Gasteiger partial charge on any atom is -0.544 e. The third-order valence-electron chi connectivity index (χ3n) is 3.53. The Morgan fingerprint density at radius 2 is 0.667 bits per heavy atom. The molecule has 45 heavy (non-hydrogen) atoms. The van der Waals surface area contributed by atoms with Crippen LogP contribution in [-0.2, 0) is 78.5 Å². The summed E-state index contributed by atoms with van der Waals surface area (Å²) in [4.78, 5) is 77.9. The van der Waals surface area contributed by atoms with E-state index in [2.05, 4.69) is 7.75 Å². The molecule has 0 aliphatic heterocycles. The smallest absolute Gasteiger partial charge is 0.246 e. The number of nitrogens with two attached hydrogens (primary N) is 2. The van der Waals surface area contributed by atoms with E-state index in [1.54, 1.807) is 0 Å². The predicted octanol–water partition coefficient (Wildman–Crippen LogP) is -15.8. The number of hydrogen-bond acceptors (Lipinski definition) is 24. The van der Waals surface area contributed by atoms with Crippen molar-refractivity contribution in [2.45, 2.75) is 43.0 Å². The Bertz CT molecular complexity index is 820. The molecule has 0 amide bonds.